The molecule has 1 aliphatic rings. The minimum absolute atomic E-state index is 0.0612. The van der Waals surface area contributed by atoms with Gasteiger partial charge in [-0.1, -0.05) is 17.8 Å². The van der Waals surface area contributed by atoms with Gasteiger partial charge in [-0.05, 0) is 54.0 Å². The Hall–Kier alpha value is -2.16. The van der Waals surface area contributed by atoms with E-state index in [-0.39, 0.29) is 16.0 Å². The number of amides is 2. The molecule has 2 amide bonds. The zero-order valence-corrected chi connectivity index (χ0v) is 14.0. The van der Waals surface area contributed by atoms with Crippen molar-refractivity contribution in [2.45, 2.75) is 0 Å². The van der Waals surface area contributed by atoms with Gasteiger partial charge in [0.2, 0.25) is 0 Å². The van der Waals surface area contributed by atoms with Gasteiger partial charge >= 0.3 is 0 Å². The van der Waals surface area contributed by atoms with Crippen LogP contribution >= 0.6 is 35.3 Å². The summed E-state index contributed by atoms with van der Waals surface area (Å²) in [6.07, 6.45) is 1.75. The van der Waals surface area contributed by atoms with E-state index in [0.717, 1.165) is 21.6 Å². The van der Waals surface area contributed by atoms with Crippen LogP contribution in [-0.4, -0.2) is 26.3 Å². The molecule has 2 aromatic rings. The Morgan fingerprint density at radius 1 is 1.26 bits per heavy atom. The highest BCUT2D eigenvalue weighted by Crippen LogP contribution is 2.32. The Kier molecular flexibility index (Phi) is 4.46. The molecule has 0 saturated carbocycles. The van der Waals surface area contributed by atoms with Gasteiger partial charge in [0.25, 0.3) is 11.8 Å². The van der Waals surface area contributed by atoms with Crippen molar-refractivity contribution >= 4 is 57.5 Å². The summed E-state index contributed by atoms with van der Waals surface area (Å²) < 4.78 is 0.268. The number of hydrogen-bond donors (Lipinski definition) is 2. The van der Waals surface area contributed by atoms with Gasteiger partial charge in [-0.25, -0.2) is 0 Å². The van der Waals surface area contributed by atoms with Gasteiger partial charge in [-0.15, -0.1) is 11.3 Å². The highest BCUT2D eigenvalue weighted by atomic mass is 32.2. The summed E-state index contributed by atoms with van der Waals surface area (Å²) in [5.74, 6) is -0.773. The Morgan fingerprint density at radius 3 is 2.65 bits per heavy atom. The third kappa shape index (κ3) is 3.44. The molecule has 8 heteroatoms. The molecule has 0 bridgehead atoms. The van der Waals surface area contributed by atoms with Crippen molar-refractivity contribution in [1.29, 1.82) is 0 Å². The predicted octanol–water partition coefficient (Wildman–Crippen LogP) is 3.00. The van der Waals surface area contributed by atoms with Gasteiger partial charge in [-0.3, -0.25) is 15.0 Å². The normalized spacial score (nSPS) is 16.2. The van der Waals surface area contributed by atoms with Gasteiger partial charge in [0, 0.05) is 10.4 Å². The lowest BCUT2D eigenvalue weighted by molar-refractivity contribution is -0.123. The SMILES string of the molecule is O=C(NN1C(=O)C(=Cc2cccs2)SC1=S)c1ccc(O)cc1. The lowest BCUT2D eigenvalue weighted by Gasteiger charge is -2.15. The van der Waals surface area contributed by atoms with Crippen molar-refractivity contribution < 1.29 is 14.7 Å². The maximum absolute atomic E-state index is 12.4. The van der Waals surface area contributed by atoms with Crippen LogP contribution in [-0.2, 0) is 4.79 Å². The molecule has 2 heterocycles. The van der Waals surface area contributed by atoms with Gasteiger partial charge in [0.15, 0.2) is 4.32 Å². The lowest BCUT2D eigenvalue weighted by atomic mass is 10.2. The molecule has 1 aromatic carbocycles. The number of rotatable bonds is 3. The third-order valence-electron chi connectivity index (χ3n) is 2.95. The number of benzene rings is 1. The predicted molar refractivity (Wildman–Crippen MR) is 94.9 cm³/mol. The van der Waals surface area contributed by atoms with Gasteiger partial charge in [-0.2, -0.15) is 5.01 Å². The smallest absolute Gasteiger partial charge is 0.285 e. The maximum atomic E-state index is 12.4. The topological polar surface area (TPSA) is 69.6 Å². The molecular weight excluding hydrogens is 352 g/mol. The molecule has 1 saturated heterocycles. The van der Waals surface area contributed by atoms with Crippen molar-refractivity contribution in [3.63, 3.8) is 0 Å². The number of carbonyl (C=O) groups is 2. The molecule has 3 rings (SSSR count). The van der Waals surface area contributed by atoms with E-state index in [0.29, 0.717) is 10.5 Å². The zero-order valence-electron chi connectivity index (χ0n) is 11.6. The number of thiocarbonyl (C=S) groups is 1. The van der Waals surface area contributed by atoms with E-state index in [4.69, 9.17) is 12.2 Å². The molecule has 1 aromatic heterocycles. The van der Waals surface area contributed by atoms with Crippen LogP contribution in [0.15, 0.2) is 46.7 Å². The average molecular weight is 362 g/mol. The molecule has 1 fully saturated rings. The Labute approximate surface area is 145 Å². The van der Waals surface area contributed by atoms with Crippen molar-refractivity contribution in [3.8, 4) is 5.75 Å². The fourth-order valence-corrected chi connectivity index (χ4v) is 3.75. The zero-order chi connectivity index (χ0) is 16.4. The van der Waals surface area contributed by atoms with Crippen molar-refractivity contribution in [3.05, 3.63) is 57.1 Å². The quantitative estimate of drug-likeness (QED) is 0.649. The van der Waals surface area contributed by atoms with Gasteiger partial charge < -0.3 is 5.11 Å². The number of phenols is 1. The number of nitrogens with one attached hydrogen (secondary N) is 1. The summed E-state index contributed by atoms with van der Waals surface area (Å²) >= 11 is 7.81. The Bertz CT molecular complexity index is 798. The molecule has 116 valence electrons. The van der Waals surface area contributed by atoms with Gasteiger partial charge in [0.1, 0.15) is 5.75 Å². The second-order valence-electron chi connectivity index (χ2n) is 4.52. The molecule has 2 N–H and O–H groups in total. The first-order valence-electron chi connectivity index (χ1n) is 6.46. The van der Waals surface area contributed by atoms with Gasteiger partial charge in [0.05, 0.1) is 4.91 Å². The fourth-order valence-electron chi connectivity index (χ4n) is 1.85. The first kappa shape index (κ1) is 15.7. The molecule has 5 nitrogen and oxygen atoms in total. The van der Waals surface area contributed by atoms with Crippen molar-refractivity contribution in [1.82, 2.24) is 10.4 Å². The third-order valence-corrected chi connectivity index (χ3v) is 5.07. The van der Waals surface area contributed by atoms with Crippen LogP contribution in [0.2, 0.25) is 0 Å². The van der Waals surface area contributed by atoms with E-state index in [1.54, 1.807) is 6.08 Å². The minimum Gasteiger partial charge on any atom is -0.508 e. The van der Waals surface area contributed by atoms with Crippen LogP contribution in [0, 0.1) is 0 Å². The molecule has 23 heavy (non-hydrogen) atoms. The van der Waals surface area contributed by atoms with Crippen LogP contribution in [0.25, 0.3) is 6.08 Å². The number of aromatic hydroxyl groups is 1. The monoisotopic (exact) mass is 362 g/mol. The molecule has 0 radical (unpaired) electrons. The first-order valence-corrected chi connectivity index (χ1v) is 8.56. The summed E-state index contributed by atoms with van der Waals surface area (Å²) in [6, 6.07) is 9.51. The van der Waals surface area contributed by atoms with Crippen LogP contribution in [0.4, 0.5) is 0 Å². The highest BCUT2D eigenvalue weighted by molar-refractivity contribution is 8.26. The van der Waals surface area contributed by atoms with E-state index < -0.39 is 5.91 Å². The lowest BCUT2D eigenvalue weighted by Crippen LogP contribution is -2.44. The van der Waals surface area contributed by atoms with E-state index in [1.165, 1.54) is 35.6 Å². The number of phenolic OH excluding ortho intramolecular Hbond substituents is 1. The highest BCUT2D eigenvalue weighted by Gasteiger charge is 2.33. The fraction of sp³-hybridized carbons (Fsp3) is 0. The number of hydrazine groups is 1. The number of thiophene rings is 1. The first-order chi connectivity index (χ1) is 11.0. The van der Waals surface area contributed by atoms with E-state index >= 15 is 0 Å². The second kappa shape index (κ2) is 6.53. The average Bonchev–Trinajstić information content (AvgIpc) is 3.12. The summed E-state index contributed by atoms with van der Waals surface area (Å²) in [5.41, 5.74) is 2.81. The summed E-state index contributed by atoms with van der Waals surface area (Å²) in [6.45, 7) is 0. The number of hydrogen-bond acceptors (Lipinski definition) is 6. The number of carbonyl (C=O) groups excluding carboxylic acids is 2. The van der Waals surface area contributed by atoms with Crippen LogP contribution in [0.3, 0.4) is 0 Å². The standard InChI is InChI=1S/C15H10N2O3S3/c18-10-5-3-9(4-6-10)13(19)16-17-14(20)12(23-15(17)21)8-11-2-1-7-22-11/h1-8,18H,(H,16,19). The summed E-state index contributed by atoms with van der Waals surface area (Å²) in [5, 5.41) is 12.2. The molecule has 0 atom stereocenters. The minimum atomic E-state index is -0.473. The summed E-state index contributed by atoms with van der Waals surface area (Å²) in [7, 11) is 0. The van der Waals surface area contributed by atoms with E-state index in [9.17, 15) is 14.7 Å². The van der Waals surface area contributed by atoms with Crippen molar-refractivity contribution in [2.75, 3.05) is 0 Å². The largest absolute Gasteiger partial charge is 0.508 e. The molecule has 0 aliphatic carbocycles. The van der Waals surface area contributed by atoms with Crippen molar-refractivity contribution in [2.24, 2.45) is 0 Å². The molecule has 0 unspecified atom stereocenters. The second-order valence-corrected chi connectivity index (χ2v) is 7.18. The van der Waals surface area contributed by atoms with Crippen LogP contribution < -0.4 is 5.43 Å². The van der Waals surface area contributed by atoms with Crippen LogP contribution in [0.1, 0.15) is 15.2 Å². The Balaban J connectivity index is 1.75. The van der Waals surface area contributed by atoms with E-state index in [1.807, 2.05) is 17.5 Å². The molecule has 1 aliphatic heterocycles. The maximum Gasteiger partial charge on any atom is 0.285 e. The number of nitrogens with zero attached hydrogens (tertiary/aromatic N) is 1. The van der Waals surface area contributed by atoms with E-state index in [2.05, 4.69) is 5.43 Å². The van der Waals surface area contributed by atoms with Crippen LogP contribution in [0.5, 0.6) is 5.75 Å². The molecule has 0 spiro atoms. The number of thioether (sulfide) groups is 1. The summed E-state index contributed by atoms with van der Waals surface area (Å²) in [4.78, 5) is 25.9. The Morgan fingerprint density at radius 2 is 2.00 bits per heavy atom. The molecular formula is C15H10N2O3S3.